The van der Waals surface area contributed by atoms with E-state index in [-0.39, 0.29) is 59.6 Å². The molecule has 0 saturated carbocycles. The monoisotopic (exact) mass is 830 g/mol. The van der Waals surface area contributed by atoms with Gasteiger partial charge in [0.25, 0.3) is 0 Å². The second-order valence-corrected chi connectivity index (χ2v) is 20.8. The average molecular weight is 831 g/mol. The summed E-state index contributed by atoms with van der Waals surface area (Å²) in [6.45, 7) is 21.8. The number of thioether (sulfide) groups is 2. The summed E-state index contributed by atoms with van der Waals surface area (Å²) in [6, 6.07) is 14.1. The molecule has 2 atom stereocenters. The molecule has 0 aromatic heterocycles. The van der Waals surface area contributed by atoms with Crippen molar-refractivity contribution >= 4 is 46.7 Å². The molecule has 0 aliphatic rings. The molecule has 3 aromatic carbocycles. The first-order valence-electron chi connectivity index (χ1n) is 20.8. The lowest BCUT2D eigenvalue weighted by atomic mass is 9.83. The molecule has 8 nitrogen and oxygen atoms in total. The van der Waals surface area contributed by atoms with Crippen LogP contribution < -0.4 is 22.9 Å². The number of Topliss-reactive ketones (excluding diaryl/α,β-unsaturated/α-hetero) is 4. The van der Waals surface area contributed by atoms with Crippen molar-refractivity contribution in [2.45, 2.75) is 140 Å². The summed E-state index contributed by atoms with van der Waals surface area (Å²) in [5.74, 6) is 1.53. The zero-order chi connectivity index (χ0) is 43.5. The van der Waals surface area contributed by atoms with Crippen molar-refractivity contribution in [2.75, 3.05) is 24.6 Å². The molecule has 3 aromatic rings. The SMILES string of the molecule is CC(C)C[C@H](N)C(=O)Cc1cc(C(C)(C)C)cc(CC(=O)c2cccc(C(=O)Cc3cc(C(C)(C)C)cc(CC(=O)[C@@H](N)CC(C)C)c3SCCN)c2)c1SCCN. The largest absolute Gasteiger partial charge is 0.330 e. The summed E-state index contributed by atoms with van der Waals surface area (Å²) in [5.41, 5.74) is 30.5. The van der Waals surface area contributed by atoms with Crippen LogP contribution in [0.3, 0.4) is 0 Å². The van der Waals surface area contributed by atoms with Gasteiger partial charge in [-0.1, -0.05) is 112 Å². The number of nitrogens with two attached hydrogens (primary N) is 4. The number of carbonyl (C=O) groups excluding carboxylic acids is 4. The first-order valence-corrected chi connectivity index (χ1v) is 22.7. The number of hydrogen-bond donors (Lipinski definition) is 4. The molecule has 318 valence electrons. The van der Waals surface area contributed by atoms with Gasteiger partial charge in [0.15, 0.2) is 23.1 Å². The van der Waals surface area contributed by atoms with Gasteiger partial charge in [-0.05, 0) is 75.0 Å². The molecule has 3 rings (SSSR count). The molecule has 0 bridgehead atoms. The average Bonchev–Trinajstić information content (AvgIpc) is 3.12. The van der Waals surface area contributed by atoms with E-state index in [1.165, 1.54) is 0 Å². The molecule has 10 heteroatoms. The van der Waals surface area contributed by atoms with Crippen molar-refractivity contribution in [3.63, 3.8) is 0 Å². The van der Waals surface area contributed by atoms with E-state index in [0.717, 1.165) is 43.2 Å². The van der Waals surface area contributed by atoms with Crippen LogP contribution in [-0.2, 0) is 46.1 Å². The van der Waals surface area contributed by atoms with Gasteiger partial charge >= 0.3 is 0 Å². The Morgan fingerprint density at radius 1 is 0.552 bits per heavy atom. The lowest BCUT2D eigenvalue weighted by Crippen LogP contribution is -2.33. The lowest BCUT2D eigenvalue weighted by molar-refractivity contribution is -0.120. The first kappa shape index (κ1) is 49.2. The molecule has 0 fully saturated rings. The molecule has 8 N–H and O–H groups in total. The zero-order valence-electron chi connectivity index (χ0n) is 36.8. The minimum atomic E-state index is -0.565. The van der Waals surface area contributed by atoms with Gasteiger partial charge in [-0.15, -0.1) is 23.5 Å². The standard InChI is InChI=1S/C48H70N4O4S2/c1-29(2)18-39(51)43(55)27-35-23-37(47(5,6)7)21-33(45(35)57-16-14-49)25-41(53)31-12-11-13-32(20-31)42(54)26-34-22-38(48(8,9)10)24-36(46(34)58-17-15-50)28-44(56)40(52)19-30(3)4/h11-13,20-24,29-30,39-40H,14-19,25-28,49-52H2,1-10H3/t39-,40-/m0/s1. The molecule has 0 spiro atoms. The van der Waals surface area contributed by atoms with Crippen LogP contribution in [0.2, 0.25) is 0 Å². The zero-order valence-corrected chi connectivity index (χ0v) is 38.4. The van der Waals surface area contributed by atoms with Crippen LogP contribution in [0.25, 0.3) is 0 Å². The highest BCUT2D eigenvalue weighted by Gasteiger charge is 2.26. The fourth-order valence-electron chi connectivity index (χ4n) is 6.93. The fourth-order valence-corrected chi connectivity index (χ4v) is 8.84. The molecule has 0 aliphatic heterocycles. The number of carbonyl (C=O) groups is 4. The molecule has 0 unspecified atom stereocenters. The molecule has 0 aliphatic carbocycles. The van der Waals surface area contributed by atoms with Gasteiger partial charge in [-0.2, -0.15) is 0 Å². The van der Waals surface area contributed by atoms with Crippen LogP contribution in [0.5, 0.6) is 0 Å². The van der Waals surface area contributed by atoms with Crippen molar-refractivity contribution in [1.29, 1.82) is 0 Å². The summed E-state index contributed by atoms with van der Waals surface area (Å²) in [4.78, 5) is 57.0. The molecular weight excluding hydrogens is 761 g/mol. The minimum absolute atomic E-state index is 0.0242. The van der Waals surface area contributed by atoms with E-state index in [0.29, 0.717) is 60.4 Å². The van der Waals surface area contributed by atoms with E-state index >= 15 is 0 Å². The third-order valence-corrected chi connectivity index (χ3v) is 12.7. The molecule has 0 heterocycles. The van der Waals surface area contributed by atoms with Crippen molar-refractivity contribution < 1.29 is 19.2 Å². The van der Waals surface area contributed by atoms with Gasteiger partial charge in [0.2, 0.25) is 0 Å². The Labute approximate surface area is 357 Å². The quantitative estimate of drug-likeness (QED) is 0.0571. The Balaban J connectivity index is 2.04. The van der Waals surface area contributed by atoms with Gasteiger partial charge in [-0.25, -0.2) is 0 Å². The van der Waals surface area contributed by atoms with Gasteiger partial charge in [0.05, 0.1) is 12.1 Å². The van der Waals surface area contributed by atoms with Crippen LogP contribution in [0.1, 0.15) is 136 Å². The summed E-state index contributed by atoms with van der Waals surface area (Å²) >= 11 is 3.13. The van der Waals surface area contributed by atoms with Crippen LogP contribution >= 0.6 is 23.5 Å². The highest BCUT2D eigenvalue weighted by atomic mass is 32.2. The normalized spacial score (nSPS) is 13.2. The van der Waals surface area contributed by atoms with E-state index in [1.807, 2.05) is 0 Å². The second kappa shape index (κ2) is 21.9. The topological polar surface area (TPSA) is 172 Å². The molecule has 58 heavy (non-hydrogen) atoms. The van der Waals surface area contributed by atoms with E-state index < -0.39 is 12.1 Å². The van der Waals surface area contributed by atoms with Gasteiger partial charge < -0.3 is 22.9 Å². The van der Waals surface area contributed by atoms with Gasteiger partial charge in [0, 0.05) is 71.2 Å². The van der Waals surface area contributed by atoms with Crippen molar-refractivity contribution in [3.8, 4) is 0 Å². The number of rotatable bonds is 22. The third-order valence-electron chi connectivity index (χ3n) is 10.2. The van der Waals surface area contributed by atoms with E-state index in [1.54, 1.807) is 47.8 Å². The highest BCUT2D eigenvalue weighted by Crippen LogP contribution is 2.36. The summed E-state index contributed by atoms with van der Waals surface area (Å²) < 4.78 is 0. The predicted molar refractivity (Wildman–Crippen MR) is 245 cm³/mol. The van der Waals surface area contributed by atoms with E-state index in [4.69, 9.17) is 22.9 Å². The maximum Gasteiger partial charge on any atom is 0.167 e. The Kier molecular flexibility index (Phi) is 18.6. The third kappa shape index (κ3) is 14.6. The van der Waals surface area contributed by atoms with E-state index in [2.05, 4.69) is 93.5 Å². The summed E-state index contributed by atoms with van der Waals surface area (Å²) in [5, 5.41) is 0. The predicted octanol–water partition coefficient (Wildman–Crippen LogP) is 8.20. The fraction of sp³-hybridized carbons (Fsp3) is 0.542. The van der Waals surface area contributed by atoms with Gasteiger partial charge in [0.1, 0.15) is 0 Å². The number of ketones is 4. The molecular formula is C48H70N4O4S2. The van der Waals surface area contributed by atoms with Gasteiger partial charge in [-0.3, -0.25) is 19.2 Å². The minimum Gasteiger partial charge on any atom is -0.330 e. The van der Waals surface area contributed by atoms with Crippen molar-refractivity contribution in [1.82, 2.24) is 0 Å². The Morgan fingerprint density at radius 3 is 1.17 bits per heavy atom. The highest BCUT2D eigenvalue weighted by molar-refractivity contribution is 7.99. The first-order chi connectivity index (χ1) is 27.0. The Bertz CT molecular complexity index is 1780. The maximum atomic E-state index is 14.2. The van der Waals surface area contributed by atoms with Crippen LogP contribution in [-0.4, -0.2) is 59.8 Å². The van der Waals surface area contributed by atoms with Crippen molar-refractivity contribution in [3.05, 3.63) is 93.0 Å². The van der Waals surface area contributed by atoms with Crippen LogP contribution in [0.4, 0.5) is 0 Å². The Morgan fingerprint density at radius 2 is 0.879 bits per heavy atom. The van der Waals surface area contributed by atoms with Crippen molar-refractivity contribution in [2.24, 2.45) is 34.8 Å². The number of hydrogen-bond acceptors (Lipinski definition) is 10. The summed E-state index contributed by atoms with van der Waals surface area (Å²) in [7, 11) is 0. The molecule has 0 saturated heterocycles. The van der Waals surface area contributed by atoms with E-state index in [9.17, 15) is 19.2 Å². The molecule has 0 amide bonds. The molecule has 0 radical (unpaired) electrons. The Hall–Kier alpha value is -3.12. The maximum absolute atomic E-state index is 14.2. The lowest BCUT2D eigenvalue weighted by Gasteiger charge is -2.24. The summed E-state index contributed by atoms with van der Waals surface area (Å²) in [6.07, 6.45) is 1.76. The second-order valence-electron chi connectivity index (χ2n) is 18.6. The smallest absolute Gasteiger partial charge is 0.167 e. The van der Waals surface area contributed by atoms with Crippen LogP contribution in [0, 0.1) is 11.8 Å². The van der Waals surface area contributed by atoms with Crippen LogP contribution in [0.15, 0.2) is 58.3 Å². The number of benzene rings is 3.